The minimum absolute atomic E-state index is 1.05. The SMILES string of the molecule is C1=Cc2ccccc2NN=C1.c1ccc2scnc2c1. The van der Waals surface area contributed by atoms with Gasteiger partial charge in [-0.05, 0) is 29.8 Å². The molecule has 1 aromatic heterocycles. The van der Waals surface area contributed by atoms with Crippen LogP contribution < -0.4 is 5.43 Å². The zero-order valence-electron chi connectivity index (χ0n) is 10.7. The van der Waals surface area contributed by atoms with Crippen LogP contribution in [0, 0.1) is 0 Å². The number of anilines is 1. The molecule has 3 aromatic rings. The molecule has 0 saturated carbocycles. The molecule has 0 radical (unpaired) electrons. The lowest BCUT2D eigenvalue weighted by molar-refractivity contribution is 1.36. The Hall–Kier alpha value is -2.46. The average molecular weight is 279 g/mol. The second kappa shape index (κ2) is 6.12. The van der Waals surface area contributed by atoms with Gasteiger partial charge >= 0.3 is 0 Å². The number of benzene rings is 2. The molecule has 98 valence electrons. The quantitative estimate of drug-likeness (QED) is 0.662. The molecule has 0 amide bonds. The summed E-state index contributed by atoms with van der Waals surface area (Å²) in [6.07, 6.45) is 5.68. The van der Waals surface area contributed by atoms with Crippen molar-refractivity contribution in [2.24, 2.45) is 5.10 Å². The van der Waals surface area contributed by atoms with E-state index in [9.17, 15) is 0 Å². The van der Waals surface area contributed by atoms with Crippen molar-refractivity contribution in [1.82, 2.24) is 4.98 Å². The van der Waals surface area contributed by atoms with Crippen LogP contribution in [0.15, 0.2) is 65.2 Å². The summed E-state index contributed by atoms with van der Waals surface area (Å²) in [7, 11) is 0. The number of thiazole rings is 1. The Morgan fingerprint density at radius 2 is 1.80 bits per heavy atom. The molecule has 0 aliphatic carbocycles. The second-order valence-electron chi connectivity index (χ2n) is 4.16. The Balaban J connectivity index is 0.000000123. The van der Waals surface area contributed by atoms with Crippen LogP contribution in [0.5, 0.6) is 0 Å². The van der Waals surface area contributed by atoms with Crippen LogP contribution >= 0.6 is 11.3 Å². The predicted octanol–water partition coefficient (Wildman–Crippen LogP) is 4.41. The van der Waals surface area contributed by atoms with Crippen molar-refractivity contribution in [3.8, 4) is 0 Å². The Morgan fingerprint density at radius 1 is 0.950 bits per heavy atom. The fourth-order valence-corrected chi connectivity index (χ4v) is 2.52. The summed E-state index contributed by atoms with van der Waals surface area (Å²) in [4.78, 5) is 4.14. The van der Waals surface area contributed by atoms with Gasteiger partial charge in [0.1, 0.15) is 0 Å². The number of hydrogen-bond acceptors (Lipinski definition) is 4. The fraction of sp³-hybridized carbons (Fsp3) is 0. The van der Waals surface area contributed by atoms with E-state index in [4.69, 9.17) is 0 Å². The average Bonchev–Trinajstić information content (AvgIpc) is 2.85. The zero-order valence-corrected chi connectivity index (χ0v) is 11.5. The third kappa shape index (κ3) is 2.92. The molecule has 3 nitrogen and oxygen atoms in total. The molecule has 1 aliphatic heterocycles. The van der Waals surface area contributed by atoms with Crippen LogP contribution in [0.1, 0.15) is 5.56 Å². The summed E-state index contributed by atoms with van der Waals surface area (Å²) in [5.41, 5.74) is 8.12. The van der Waals surface area contributed by atoms with E-state index in [0.29, 0.717) is 0 Å². The van der Waals surface area contributed by atoms with Gasteiger partial charge in [0.15, 0.2) is 0 Å². The number of hydrazone groups is 1. The van der Waals surface area contributed by atoms with Crippen LogP contribution in [-0.4, -0.2) is 11.2 Å². The highest BCUT2D eigenvalue weighted by molar-refractivity contribution is 7.16. The third-order valence-electron chi connectivity index (χ3n) is 2.82. The molecule has 4 rings (SSSR count). The van der Waals surface area contributed by atoms with E-state index in [0.717, 1.165) is 11.2 Å². The van der Waals surface area contributed by atoms with E-state index >= 15 is 0 Å². The van der Waals surface area contributed by atoms with Gasteiger partial charge in [-0.25, -0.2) is 4.98 Å². The molecule has 0 atom stereocenters. The summed E-state index contributed by atoms with van der Waals surface area (Å²) >= 11 is 1.68. The number of hydrogen-bond donors (Lipinski definition) is 1. The third-order valence-corrected chi connectivity index (χ3v) is 3.63. The number of para-hydroxylation sites is 2. The lowest BCUT2D eigenvalue weighted by Gasteiger charge is -2.00. The number of aromatic nitrogens is 1. The minimum Gasteiger partial charge on any atom is -0.278 e. The lowest BCUT2D eigenvalue weighted by atomic mass is 10.2. The Bertz CT molecular complexity index is 729. The predicted molar refractivity (Wildman–Crippen MR) is 87.2 cm³/mol. The number of rotatable bonds is 0. The zero-order chi connectivity index (χ0) is 13.6. The van der Waals surface area contributed by atoms with Gasteiger partial charge in [0.05, 0.1) is 21.4 Å². The van der Waals surface area contributed by atoms with E-state index in [-0.39, 0.29) is 0 Å². The highest BCUT2D eigenvalue weighted by Gasteiger charge is 1.96. The molecule has 0 saturated heterocycles. The topological polar surface area (TPSA) is 37.3 Å². The van der Waals surface area contributed by atoms with Crippen LogP contribution in [0.4, 0.5) is 5.69 Å². The van der Waals surface area contributed by atoms with E-state index < -0.39 is 0 Å². The van der Waals surface area contributed by atoms with Gasteiger partial charge in [-0.2, -0.15) is 5.10 Å². The summed E-state index contributed by atoms with van der Waals surface area (Å²) in [6, 6.07) is 16.2. The van der Waals surface area contributed by atoms with Crippen LogP contribution in [-0.2, 0) is 0 Å². The Kier molecular flexibility index (Phi) is 3.85. The van der Waals surface area contributed by atoms with Crippen LogP contribution in [0.2, 0.25) is 0 Å². The van der Waals surface area contributed by atoms with Crippen molar-refractivity contribution >= 4 is 39.5 Å². The van der Waals surface area contributed by atoms with Gasteiger partial charge in [0.2, 0.25) is 0 Å². The largest absolute Gasteiger partial charge is 0.278 e. The van der Waals surface area contributed by atoms with E-state index in [2.05, 4.69) is 21.6 Å². The molecule has 4 heteroatoms. The molecule has 2 heterocycles. The number of nitrogens with one attached hydrogen (secondary N) is 1. The van der Waals surface area contributed by atoms with Gasteiger partial charge < -0.3 is 0 Å². The summed E-state index contributed by atoms with van der Waals surface area (Å²) < 4.78 is 1.26. The minimum atomic E-state index is 1.05. The normalized spacial score (nSPS) is 12.0. The van der Waals surface area contributed by atoms with Gasteiger partial charge in [-0.15, -0.1) is 11.3 Å². The first-order chi connectivity index (χ1) is 9.93. The molecule has 2 aromatic carbocycles. The van der Waals surface area contributed by atoms with Crippen molar-refractivity contribution in [3.63, 3.8) is 0 Å². The standard InChI is InChI=1S/C9H8N2.C7H5NS/c1-2-6-9-8(4-1)5-3-7-10-11-9;1-2-4-7-6(3-1)8-5-9-7/h1-7,11H;1-5H. The smallest absolute Gasteiger partial charge is 0.0812 e. The van der Waals surface area contributed by atoms with E-state index in [1.807, 2.05) is 60.1 Å². The van der Waals surface area contributed by atoms with Crippen molar-refractivity contribution in [2.45, 2.75) is 0 Å². The maximum atomic E-state index is 4.14. The van der Waals surface area contributed by atoms with Gasteiger partial charge in [0.25, 0.3) is 0 Å². The molecule has 1 N–H and O–H groups in total. The molecular formula is C16H13N3S. The van der Waals surface area contributed by atoms with E-state index in [1.54, 1.807) is 17.6 Å². The summed E-state index contributed by atoms with van der Waals surface area (Å²) in [5.74, 6) is 0. The number of fused-ring (bicyclic) bond motifs is 2. The lowest BCUT2D eigenvalue weighted by Crippen LogP contribution is -1.87. The maximum Gasteiger partial charge on any atom is 0.0812 e. The first-order valence-corrected chi connectivity index (χ1v) is 7.14. The first-order valence-electron chi connectivity index (χ1n) is 6.26. The summed E-state index contributed by atoms with van der Waals surface area (Å²) in [6.45, 7) is 0. The highest BCUT2D eigenvalue weighted by Crippen LogP contribution is 2.17. The number of allylic oxidation sites excluding steroid dienone is 1. The Morgan fingerprint density at radius 3 is 2.75 bits per heavy atom. The molecule has 0 bridgehead atoms. The van der Waals surface area contributed by atoms with Gasteiger partial charge in [0, 0.05) is 6.21 Å². The highest BCUT2D eigenvalue weighted by atomic mass is 32.1. The number of nitrogens with zero attached hydrogens (tertiary/aromatic N) is 2. The van der Waals surface area contributed by atoms with E-state index in [1.165, 1.54) is 10.3 Å². The van der Waals surface area contributed by atoms with Crippen molar-refractivity contribution in [3.05, 3.63) is 65.7 Å². The first kappa shape index (κ1) is 12.6. The Labute approximate surface area is 121 Å². The molecule has 1 aliphatic rings. The fourth-order valence-electron chi connectivity index (χ4n) is 1.84. The molecular weight excluding hydrogens is 266 g/mol. The van der Waals surface area contributed by atoms with Crippen LogP contribution in [0.25, 0.3) is 16.3 Å². The van der Waals surface area contributed by atoms with Gasteiger partial charge in [-0.1, -0.05) is 36.4 Å². The van der Waals surface area contributed by atoms with Crippen molar-refractivity contribution < 1.29 is 0 Å². The monoisotopic (exact) mass is 279 g/mol. The maximum absolute atomic E-state index is 4.14. The molecule has 0 fully saturated rings. The van der Waals surface area contributed by atoms with Gasteiger partial charge in [-0.3, -0.25) is 5.43 Å². The molecule has 20 heavy (non-hydrogen) atoms. The van der Waals surface area contributed by atoms with Crippen molar-refractivity contribution in [1.29, 1.82) is 0 Å². The molecule has 0 unspecified atom stereocenters. The van der Waals surface area contributed by atoms with Crippen molar-refractivity contribution in [2.75, 3.05) is 5.43 Å². The second-order valence-corrected chi connectivity index (χ2v) is 5.04. The molecule has 0 spiro atoms. The van der Waals surface area contributed by atoms with Crippen LogP contribution in [0.3, 0.4) is 0 Å². The summed E-state index contributed by atoms with van der Waals surface area (Å²) in [5, 5.41) is 3.95.